The lowest BCUT2D eigenvalue weighted by atomic mass is 9.74. The Morgan fingerprint density at radius 2 is 1.76 bits per heavy atom. The maximum Gasteiger partial charge on any atom is 0.289 e. The first-order valence-corrected chi connectivity index (χ1v) is 9.45. The Kier molecular flexibility index (Phi) is 4.32. The standard InChI is InChI=1S/C20H25N3O2/c24-18-15-8-3-4-9-16(15)21-17(22-18)19(25)23-13-7-12-20(14-23)10-5-1-2-6-11-20/h3-4,8-9H,1-2,5-7,10-14H2,(H,21,22,24). The van der Waals surface area contributed by atoms with Crippen LogP contribution >= 0.6 is 0 Å². The van der Waals surface area contributed by atoms with E-state index >= 15 is 0 Å². The number of rotatable bonds is 1. The molecule has 0 atom stereocenters. The predicted octanol–water partition coefficient (Wildman–Crippen LogP) is 3.50. The number of benzene rings is 1. The number of nitrogens with one attached hydrogen (secondary N) is 1. The number of hydrogen-bond donors (Lipinski definition) is 1. The number of amides is 1. The fourth-order valence-electron chi connectivity index (χ4n) is 4.61. The summed E-state index contributed by atoms with van der Waals surface area (Å²) < 4.78 is 0. The number of carbonyl (C=O) groups excluding carboxylic acids is 1. The molecule has 25 heavy (non-hydrogen) atoms. The summed E-state index contributed by atoms with van der Waals surface area (Å²) in [5, 5.41) is 0.526. The van der Waals surface area contributed by atoms with Gasteiger partial charge in [-0.15, -0.1) is 0 Å². The van der Waals surface area contributed by atoms with Crippen molar-refractivity contribution in [1.29, 1.82) is 0 Å². The van der Waals surface area contributed by atoms with Crippen molar-refractivity contribution in [2.75, 3.05) is 13.1 Å². The number of para-hydroxylation sites is 1. The summed E-state index contributed by atoms with van der Waals surface area (Å²) in [6.45, 7) is 1.57. The van der Waals surface area contributed by atoms with Crippen LogP contribution in [0, 0.1) is 5.41 Å². The second kappa shape index (κ2) is 6.62. The highest BCUT2D eigenvalue weighted by Gasteiger charge is 2.37. The zero-order valence-corrected chi connectivity index (χ0v) is 14.6. The van der Waals surface area contributed by atoms with E-state index in [1.165, 1.54) is 44.9 Å². The van der Waals surface area contributed by atoms with Crippen molar-refractivity contribution in [1.82, 2.24) is 14.9 Å². The largest absolute Gasteiger partial charge is 0.335 e. The molecule has 5 heteroatoms. The summed E-state index contributed by atoms with van der Waals surface area (Å²) in [4.78, 5) is 34.3. The molecule has 1 amide bonds. The SMILES string of the molecule is O=C(c1nc2ccccc2c(=O)[nH]1)N1CCCC2(CCCCCC2)C1. The van der Waals surface area contributed by atoms with Crippen LogP contribution in [0.25, 0.3) is 10.9 Å². The molecule has 0 bridgehead atoms. The van der Waals surface area contributed by atoms with Crippen molar-refractivity contribution < 1.29 is 4.79 Å². The lowest BCUT2D eigenvalue weighted by Gasteiger charge is -2.42. The van der Waals surface area contributed by atoms with E-state index < -0.39 is 0 Å². The molecule has 1 saturated heterocycles. The third-order valence-corrected chi connectivity index (χ3v) is 5.93. The highest BCUT2D eigenvalue weighted by Crippen LogP contribution is 2.42. The maximum absolute atomic E-state index is 13.0. The normalized spacial score (nSPS) is 20.6. The number of aromatic amines is 1. The van der Waals surface area contributed by atoms with E-state index in [4.69, 9.17) is 0 Å². The van der Waals surface area contributed by atoms with Crippen molar-refractivity contribution in [3.05, 3.63) is 40.4 Å². The van der Waals surface area contributed by atoms with Gasteiger partial charge < -0.3 is 9.88 Å². The number of H-pyrrole nitrogens is 1. The lowest BCUT2D eigenvalue weighted by molar-refractivity contribution is 0.0454. The number of likely N-dealkylation sites (tertiary alicyclic amines) is 1. The van der Waals surface area contributed by atoms with Crippen molar-refractivity contribution in [2.24, 2.45) is 5.41 Å². The Bertz CT molecular complexity index is 834. The average Bonchev–Trinajstić information content (AvgIpc) is 2.86. The van der Waals surface area contributed by atoms with E-state index in [1.807, 2.05) is 11.0 Å². The van der Waals surface area contributed by atoms with Gasteiger partial charge in [0.15, 0.2) is 5.82 Å². The quantitative estimate of drug-likeness (QED) is 0.865. The summed E-state index contributed by atoms with van der Waals surface area (Å²) in [7, 11) is 0. The zero-order chi connectivity index (χ0) is 17.3. The number of carbonyl (C=O) groups is 1. The number of piperidine rings is 1. The van der Waals surface area contributed by atoms with Crippen LogP contribution in [-0.4, -0.2) is 33.9 Å². The van der Waals surface area contributed by atoms with Crippen LogP contribution in [0.15, 0.2) is 29.1 Å². The fourth-order valence-corrected chi connectivity index (χ4v) is 4.61. The van der Waals surface area contributed by atoms with Gasteiger partial charge in [0, 0.05) is 13.1 Å². The lowest BCUT2D eigenvalue weighted by Crippen LogP contribution is -2.46. The number of nitrogens with zero attached hydrogens (tertiary/aromatic N) is 2. The van der Waals surface area contributed by atoms with Crippen LogP contribution in [0.3, 0.4) is 0 Å². The van der Waals surface area contributed by atoms with Gasteiger partial charge in [0.2, 0.25) is 0 Å². The first-order chi connectivity index (χ1) is 12.2. The monoisotopic (exact) mass is 339 g/mol. The molecule has 2 aromatic rings. The summed E-state index contributed by atoms with van der Waals surface area (Å²) in [5.41, 5.74) is 0.618. The molecule has 2 fully saturated rings. The van der Waals surface area contributed by atoms with Crippen LogP contribution in [0.1, 0.15) is 62.0 Å². The molecule has 0 radical (unpaired) electrons. The van der Waals surface area contributed by atoms with Gasteiger partial charge in [-0.1, -0.05) is 37.8 Å². The Morgan fingerprint density at radius 1 is 1.04 bits per heavy atom. The summed E-state index contributed by atoms with van der Waals surface area (Å²) in [6, 6.07) is 7.16. The van der Waals surface area contributed by atoms with Gasteiger partial charge in [-0.05, 0) is 43.2 Å². The molecule has 1 N–H and O–H groups in total. The molecule has 2 aliphatic rings. The number of aromatic nitrogens is 2. The molecule has 0 unspecified atom stereocenters. The average molecular weight is 339 g/mol. The summed E-state index contributed by atoms with van der Waals surface area (Å²) in [6.07, 6.45) is 9.88. The van der Waals surface area contributed by atoms with Gasteiger partial charge in [-0.2, -0.15) is 0 Å². The molecule has 1 aliphatic carbocycles. The van der Waals surface area contributed by atoms with Crippen molar-refractivity contribution in [2.45, 2.75) is 51.4 Å². The Hall–Kier alpha value is -2.17. The van der Waals surface area contributed by atoms with Crippen LogP contribution in [0.5, 0.6) is 0 Å². The molecular formula is C20H25N3O2. The molecular weight excluding hydrogens is 314 g/mol. The maximum atomic E-state index is 13.0. The van der Waals surface area contributed by atoms with E-state index in [9.17, 15) is 9.59 Å². The molecule has 1 aromatic carbocycles. The molecule has 132 valence electrons. The third kappa shape index (κ3) is 3.20. The van der Waals surface area contributed by atoms with E-state index in [-0.39, 0.29) is 22.7 Å². The van der Waals surface area contributed by atoms with Crippen molar-refractivity contribution in [3.63, 3.8) is 0 Å². The number of fused-ring (bicyclic) bond motifs is 1. The van der Waals surface area contributed by atoms with Crippen LogP contribution in [-0.2, 0) is 0 Å². The molecule has 5 nitrogen and oxygen atoms in total. The molecule has 1 saturated carbocycles. The molecule has 1 aromatic heterocycles. The molecule has 4 rings (SSSR count). The summed E-state index contributed by atoms with van der Waals surface area (Å²) >= 11 is 0. The van der Waals surface area contributed by atoms with E-state index in [2.05, 4.69) is 9.97 Å². The predicted molar refractivity (Wildman–Crippen MR) is 97.6 cm³/mol. The highest BCUT2D eigenvalue weighted by molar-refractivity contribution is 5.92. The van der Waals surface area contributed by atoms with E-state index in [1.54, 1.807) is 18.2 Å². The second-order valence-corrected chi connectivity index (χ2v) is 7.68. The van der Waals surface area contributed by atoms with Gasteiger partial charge >= 0.3 is 0 Å². The van der Waals surface area contributed by atoms with Crippen molar-refractivity contribution in [3.8, 4) is 0 Å². The first-order valence-electron chi connectivity index (χ1n) is 9.45. The minimum Gasteiger partial charge on any atom is -0.335 e. The topological polar surface area (TPSA) is 66.1 Å². The highest BCUT2D eigenvalue weighted by atomic mass is 16.2. The van der Waals surface area contributed by atoms with Gasteiger partial charge in [-0.25, -0.2) is 4.98 Å². The Labute approximate surface area is 147 Å². The van der Waals surface area contributed by atoms with E-state index in [0.717, 1.165) is 19.5 Å². The van der Waals surface area contributed by atoms with Gasteiger partial charge in [0.1, 0.15) is 0 Å². The molecule has 1 aliphatic heterocycles. The van der Waals surface area contributed by atoms with Gasteiger partial charge in [0.25, 0.3) is 11.5 Å². The van der Waals surface area contributed by atoms with E-state index in [0.29, 0.717) is 10.9 Å². The number of hydrogen-bond acceptors (Lipinski definition) is 3. The Balaban J connectivity index is 1.61. The van der Waals surface area contributed by atoms with Gasteiger partial charge in [-0.3, -0.25) is 9.59 Å². The fraction of sp³-hybridized carbons (Fsp3) is 0.550. The smallest absolute Gasteiger partial charge is 0.289 e. The van der Waals surface area contributed by atoms with Crippen molar-refractivity contribution >= 4 is 16.8 Å². The minimum atomic E-state index is -0.241. The zero-order valence-electron chi connectivity index (χ0n) is 14.6. The van der Waals surface area contributed by atoms with Crippen LogP contribution in [0.2, 0.25) is 0 Å². The summed E-state index contributed by atoms with van der Waals surface area (Å²) in [5.74, 6) is 0.0422. The minimum absolute atomic E-state index is 0.133. The van der Waals surface area contributed by atoms with Crippen LogP contribution < -0.4 is 5.56 Å². The van der Waals surface area contributed by atoms with Gasteiger partial charge in [0.05, 0.1) is 10.9 Å². The first kappa shape index (κ1) is 16.3. The Morgan fingerprint density at radius 3 is 2.56 bits per heavy atom. The molecule has 2 heterocycles. The van der Waals surface area contributed by atoms with Crippen LogP contribution in [0.4, 0.5) is 0 Å². The molecule has 1 spiro atoms. The second-order valence-electron chi connectivity index (χ2n) is 7.68. The third-order valence-electron chi connectivity index (χ3n) is 5.93.